The van der Waals surface area contributed by atoms with E-state index in [0.29, 0.717) is 33.7 Å². The Morgan fingerprint density at radius 2 is 1.74 bits per heavy atom. The Labute approximate surface area is 212 Å². The van der Waals surface area contributed by atoms with E-state index in [4.69, 9.17) is 32.7 Å². The van der Waals surface area contributed by atoms with Crippen molar-refractivity contribution in [3.05, 3.63) is 94.8 Å². The molecule has 0 saturated carbocycles. The second-order valence-electron chi connectivity index (χ2n) is 8.21. The van der Waals surface area contributed by atoms with Gasteiger partial charge in [-0.15, -0.1) is 0 Å². The molecule has 2 N–H and O–H groups in total. The highest BCUT2D eigenvalue weighted by Gasteiger charge is 2.21. The predicted octanol–water partition coefficient (Wildman–Crippen LogP) is 6.16. The number of hydrogen-bond acceptors (Lipinski definition) is 5. The lowest BCUT2D eigenvalue weighted by atomic mass is 9.99. The van der Waals surface area contributed by atoms with Crippen molar-refractivity contribution in [1.29, 1.82) is 0 Å². The van der Waals surface area contributed by atoms with E-state index in [1.165, 1.54) is 0 Å². The molecule has 1 heterocycles. The van der Waals surface area contributed by atoms with Crippen LogP contribution in [0.4, 0.5) is 0 Å². The number of hydrogen-bond donors (Lipinski definition) is 2. The van der Waals surface area contributed by atoms with Gasteiger partial charge < -0.3 is 19.7 Å². The Morgan fingerprint density at radius 3 is 2.43 bits per heavy atom. The Kier molecular flexibility index (Phi) is 6.54. The van der Waals surface area contributed by atoms with Gasteiger partial charge in [0.2, 0.25) is 0 Å². The summed E-state index contributed by atoms with van der Waals surface area (Å²) in [7, 11) is 1.64. The van der Waals surface area contributed by atoms with Gasteiger partial charge in [-0.2, -0.15) is 5.10 Å². The van der Waals surface area contributed by atoms with Crippen LogP contribution in [0.15, 0.2) is 84.8 Å². The SMILES string of the molecule is COc1ccc2cc(-c3c(OC4=CCC(C(O)O)C=C4)cnn3-c3cc(Cl)cc(Cl)c3)ccc2c1. The van der Waals surface area contributed by atoms with Crippen LogP contribution < -0.4 is 9.47 Å². The first-order valence-electron chi connectivity index (χ1n) is 11.0. The average molecular weight is 509 g/mol. The first kappa shape index (κ1) is 23.5. The van der Waals surface area contributed by atoms with Crippen molar-refractivity contribution in [3.8, 4) is 28.4 Å². The number of methoxy groups -OCH3 is 1. The van der Waals surface area contributed by atoms with Gasteiger partial charge in [-0.25, -0.2) is 4.68 Å². The van der Waals surface area contributed by atoms with Gasteiger partial charge in [0.15, 0.2) is 12.0 Å². The van der Waals surface area contributed by atoms with Crippen LogP contribution in [0.1, 0.15) is 6.42 Å². The monoisotopic (exact) mass is 508 g/mol. The Balaban J connectivity index is 1.60. The number of allylic oxidation sites excluding steroid dienone is 2. The van der Waals surface area contributed by atoms with E-state index < -0.39 is 6.29 Å². The topological polar surface area (TPSA) is 76.7 Å². The minimum atomic E-state index is -1.41. The molecule has 4 aromatic rings. The molecule has 1 aliphatic carbocycles. The molecule has 0 aliphatic heterocycles. The largest absolute Gasteiger partial charge is 0.497 e. The number of fused-ring (bicyclic) bond motifs is 1. The van der Waals surface area contributed by atoms with Gasteiger partial charge >= 0.3 is 0 Å². The van der Waals surface area contributed by atoms with Crippen molar-refractivity contribution in [3.63, 3.8) is 0 Å². The summed E-state index contributed by atoms with van der Waals surface area (Å²) >= 11 is 12.6. The molecule has 0 radical (unpaired) electrons. The normalized spacial score (nSPS) is 15.5. The molecule has 6 nitrogen and oxygen atoms in total. The summed E-state index contributed by atoms with van der Waals surface area (Å²) in [4.78, 5) is 0. The highest BCUT2D eigenvalue weighted by molar-refractivity contribution is 6.34. The summed E-state index contributed by atoms with van der Waals surface area (Å²) in [5.74, 6) is 1.55. The van der Waals surface area contributed by atoms with Gasteiger partial charge in [0.1, 0.15) is 17.2 Å². The first-order valence-corrected chi connectivity index (χ1v) is 11.7. The van der Waals surface area contributed by atoms with Crippen molar-refractivity contribution >= 4 is 34.0 Å². The van der Waals surface area contributed by atoms with Crippen LogP contribution in [0.3, 0.4) is 0 Å². The molecule has 0 saturated heterocycles. The number of aromatic nitrogens is 2. The molecule has 0 amide bonds. The summed E-state index contributed by atoms with van der Waals surface area (Å²) < 4.78 is 13.3. The van der Waals surface area contributed by atoms with Crippen LogP contribution >= 0.6 is 23.2 Å². The third-order valence-corrected chi connectivity index (χ3v) is 6.29. The Hall–Kier alpha value is -3.29. The third-order valence-electron chi connectivity index (χ3n) is 5.86. The third kappa shape index (κ3) is 4.92. The first-order chi connectivity index (χ1) is 16.9. The van der Waals surface area contributed by atoms with Crippen LogP contribution in [0.25, 0.3) is 27.7 Å². The second kappa shape index (κ2) is 9.76. The van der Waals surface area contributed by atoms with Crippen LogP contribution in [-0.4, -0.2) is 33.4 Å². The van der Waals surface area contributed by atoms with E-state index in [0.717, 1.165) is 27.8 Å². The van der Waals surface area contributed by atoms with Gasteiger partial charge in [0.25, 0.3) is 0 Å². The summed E-state index contributed by atoms with van der Waals surface area (Å²) in [5, 5.41) is 26.5. The smallest absolute Gasteiger partial charge is 0.173 e. The number of ether oxygens (including phenoxy) is 2. The fourth-order valence-corrected chi connectivity index (χ4v) is 4.58. The predicted molar refractivity (Wildman–Crippen MR) is 137 cm³/mol. The molecular weight excluding hydrogens is 487 g/mol. The van der Waals surface area contributed by atoms with Gasteiger partial charge in [-0.3, -0.25) is 0 Å². The van der Waals surface area contributed by atoms with Crippen LogP contribution in [-0.2, 0) is 0 Å². The van der Waals surface area contributed by atoms with Crippen molar-refractivity contribution in [2.75, 3.05) is 7.11 Å². The number of aliphatic hydroxyl groups is 2. The fourth-order valence-electron chi connectivity index (χ4n) is 4.07. The maximum atomic E-state index is 9.43. The summed E-state index contributed by atoms with van der Waals surface area (Å²) in [5.41, 5.74) is 2.30. The number of benzene rings is 3. The highest BCUT2D eigenvalue weighted by Crippen LogP contribution is 2.37. The van der Waals surface area contributed by atoms with E-state index in [2.05, 4.69) is 11.2 Å². The molecule has 5 rings (SSSR count). The van der Waals surface area contributed by atoms with E-state index in [-0.39, 0.29) is 5.92 Å². The molecule has 35 heavy (non-hydrogen) atoms. The lowest BCUT2D eigenvalue weighted by Gasteiger charge is -2.18. The van der Waals surface area contributed by atoms with Crippen LogP contribution in [0.2, 0.25) is 10.0 Å². The van der Waals surface area contributed by atoms with Crippen LogP contribution in [0, 0.1) is 5.92 Å². The molecule has 8 heteroatoms. The summed E-state index contributed by atoms with van der Waals surface area (Å²) in [6.07, 6.45) is 5.97. The maximum absolute atomic E-state index is 9.43. The summed E-state index contributed by atoms with van der Waals surface area (Å²) in [6.45, 7) is 0. The van der Waals surface area contributed by atoms with Gasteiger partial charge in [-0.1, -0.05) is 47.5 Å². The quantitative estimate of drug-likeness (QED) is 0.305. The number of aliphatic hydroxyl groups excluding tert-OH is 1. The molecule has 0 fully saturated rings. The standard InChI is InChI=1S/C27H22Cl2N2O4/c1-34-24-9-6-17-10-19(3-2-18(17)11-24)26-25(35-23-7-4-16(5-8-23)27(32)33)15-30-31(26)22-13-20(28)12-21(29)14-22/h2-4,6-16,27,32-33H,5H2,1H3. The molecule has 1 unspecified atom stereocenters. The van der Waals surface area contributed by atoms with Crippen molar-refractivity contribution < 1.29 is 19.7 Å². The molecule has 1 aromatic heterocycles. The van der Waals surface area contributed by atoms with Crippen molar-refractivity contribution in [1.82, 2.24) is 9.78 Å². The second-order valence-corrected chi connectivity index (χ2v) is 9.08. The van der Waals surface area contributed by atoms with Crippen molar-refractivity contribution in [2.45, 2.75) is 12.7 Å². The number of halogens is 2. The molecule has 1 atom stereocenters. The number of nitrogens with zero attached hydrogens (tertiary/aromatic N) is 2. The molecule has 178 valence electrons. The average Bonchev–Trinajstić information content (AvgIpc) is 3.26. The van der Waals surface area contributed by atoms with Gasteiger partial charge in [0, 0.05) is 21.5 Å². The number of rotatable bonds is 6. The van der Waals surface area contributed by atoms with E-state index in [9.17, 15) is 10.2 Å². The van der Waals surface area contributed by atoms with E-state index >= 15 is 0 Å². The Morgan fingerprint density at radius 1 is 1.00 bits per heavy atom. The fraction of sp³-hybridized carbons (Fsp3) is 0.148. The molecule has 1 aliphatic rings. The van der Waals surface area contributed by atoms with Crippen LogP contribution in [0.5, 0.6) is 11.5 Å². The minimum absolute atomic E-state index is 0.365. The lowest BCUT2D eigenvalue weighted by molar-refractivity contribution is -0.0695. The molecule has 0 bridgehead atoms. The minimum Gasteiger partial charge on any atom is -0.497 e. The maximum Gasteiger partial charge on any atom is 0.173 e. The lowest BCUT2D eigenvalue weighted by Crippen LogP contribution is -2.18. The zero-order valence-electron chi connectivity index (χ0n) is 18.7. The van der Waals surface area contributed by atoms with E-state index in [1.54, 1.807) is 48.3 Å². The molecule has 0 spiro atoms. The molecule has 3 aromatic carbocycles. The summed E-state index contributed by atoms with van der Waals surface area (Å²) in [6, 6.07) is 17.2. The van der Waals surface area contributed by atoms with Gasteiger partial charge in [0.05, 0.1) is 19.0 Å². The van der Waals surface area contributed by atoms with Gasteiger partial charge in [-0.05, 0) is 65.7 Å². The zero-order valence-corrected chi connectivity index (χ0v) is 20.2. The zero-order chi connectivity index (χ0) is 24.5. The highest BCUT2D eigenvalue weighted by atomic mass is 35.5. The molecular formula is C27H22Cl2N2O4. The Bertz CT molecular complexity index is 1440. The van der Waals surface area contributed by atoms with E-state index in [1.807, 2.05) is 36.4 Å². The van der Waals surface area contributed by atoms with Crippen molar-refractivity contribution in [2.24, 2.45) is 5.92 Å².